The van der Waals surface area contributed by atoms with Crippen LogP contribution in [-0.4, -0.2) is 70.8 Å². The van der Waals surface area contributed by atoms with Gasteiger partial charge in [-0.1, -0.05) is 0 Å². The van der Waals surface area contributed by atoms with E-state index in [2.05, 4.69) is 27.3 Å². The molecule has 2 fully saturated rings. The largest absolute Gasteiger partial charge is 0.349 e. The van der Waals surface area contributed by atoms with E-state index in [0.29, 0.717) is 5.56 Å². The van der Waals surface area contributed by atoms with Crippen molar-refractivity contribution in [1.82, 2.24) is 24.9 Å². The number of likely N-dealkylation sites (tertiary alicyclic amines) is 2. The van der Waals surface area contributed by atoms with E-state index in [1.165, 1.54) is 25.9 Å². The molecule has 2 saturated heterocycles. The molecule has 27 heavy (non-hydrogen) atoms. The van der Waals surface area contributed by atoms with Crippen LogP contribution >= 0.6 is 0 Å². The van der Waals surface area contributed by atoms with Gasteiger partial charge in [-0.2, -0.15) is 5.10 Å². The second-order valence-corrected chi connectivity index (χ2v) is 7.82. The molecule has 4 rings (SSSR count). The van der Waals surface area contributed by atoms with Crippen molar-refractivity contribution >= 4 is 5.91 Å². The zero-order valence-corrected chi connectivity index (χ0v) is 16.1. The Balaban J connectivity index is 1.27. The lowest BCUT2D eigenvalue weighted by molar-refractivity contribution is 0.0807. The molecule has 3 heterocycles. The smallest absolute Gasteiger partial charge is 0.251 e. The van der Waals surface area contributed by atoms with Crippen LogP contribution in [0.4, 0.5) is 0 Å². The molecule has 1 aromatic heterocycles. The van der Waals surface area contributed by atoms with Crippen LogP contribution in [0.25, 0.3) is 5.69 Å². The standard InChI is InChI=1S/C21H29N5O/c1-24-13-9-19(10-14-24)25-15-7-18(8-16-25)23-21(27)17-3-5-20(6-4-17)26-12-2-11-22-26/h2-6,11-12,18-19H,7-10,13-16H2,1H3,(H,23,27). The number of hydrogen-bond acceptors (Lipinski definition) is 4. The van der Waals surface area contributed by atoms with E-state index in [4.69, 9.17) is 0 Å². The molecule has 0 atom stereocenters. The molecule has 1 amide bonds. The second kappa shape index (κ2) is 8.23. The molecular formula is C21H29N5O. The first-order chi connectivity index (χ1) is 13.2. The molecule has 2 aromatic rings. The number of hydrogen-bond donors (Lipinski definition) is 1. The van der Waals surface area contributed by atoms with E-state index in [9.17, 15) is 4.79 Å². The molecule has 0 saturated carbocycles. The summed E-state index contributed by atoms with van der Waals surface area (Å²) in [5, 5.41) is 7.44. The molecule has 0 unspecified atom stereocenters. The van der Waals surface area contributed by atoms with E-state index in [1.807, 2.05) is 36.5 Å². The minimum Gasteiger partial charge on any atom is -0.349 e. The van der Waals surface area contributed by atoms with Crippen LogP contribution in [0.5, 0.6) is 0 Å². The zero-order chi connectivity index (χ0) is 18.6. The number of nitrogens with one attached hydrogen (secondary N) is 1. The van der Waals surface area contributed by atoms with Gasteiger partial charge in [0.1, 0.15) is 0 Å². The third-order valence-corrected chi connectivity index (χ3v) is 5.97. The summed E-state index contributed by atoms with van der Waals surface area (Å²) in [6.45, 7) is 4.60. The van der Waals surface area contributed by atoms with Crippen molar-refractivity contribution in [2.24, 2.45) is 0 Å². The first-order valence-electron chi connectivity index (χ1n) is 10.0. The van der Waals surface area contributed by atoms with Gasteiger partial charge in [0, 0.05) is 43.1 Å². The van der Waals surface area contributed by atoms with Gasteiger partial charge >= 0.3 is 0 Å². The molecule has 2 aliphatic rings. The lowest BCUT2D eigenvalue weighted by Crippen LogP contribution is -2.50. The van der Waals surface area contributed by atoms with Crippen LogP contribution in [0.1, 0.15) is 36.0 Å². The minimum absolute atomic E-state index is 0.0276. The molecule has 6 heteroatoms. The number of nitrogens with zero attached hydrogens (tertiary/aromatic N) is 4. The fraction of sp³-hybridized carbons (Fsp3) is 0.524. The van der Waals surface area contributed by atoms with E-state index in [-0.39, 0.29) is 11.9 Å². The summed E-state index contributed by atoms with van der Waals surface area (Å²) in [4.78, 5) is 17.6. The maximum absolute atomic E-state index is 12.6. The van der Waals surface area contributed by atoms with Gasteiger partial charge in [-0.15, -0.1) is 0 Å². The molecule has 0 bridgehead atoms. The minimum atomic E-state index is 0.0276. The van der Waals surface area contributed by atoms with Gasteiger partial charge in [-0.3, -0.25) is 4.79 Å². The first kappa shape index (κ1) is 18.2. The van der Waals surface area contributed by atoms with E-state index < -0.39 is 0 Å². The molecule has 0 spiro atoms. The Hall–Kier alpha value is -2.18. The molecule has 2 aliphatic heterocycles. The van der Waals surface area contributed by atoms with Gasteiger partial charge < -0.3 is 15.1 Å². The lowest BCUT2D eigenvalue weighted by Gasteiger charge is -2.41. The van der Waals surface area contributed by atoms with Crippen LogP contribution in [0.15, 0.2) is 42.7 Å². The van der Waals surface area contributed by atoms with Crippen molar-refractivity contribution in [2.45, 2.75) is 37.8 Å². The average Bonchev–Trinajstić information content (AvgIpc) is 3.24. The molecule has 0 radical (unpaired) electrons. The summed E-state index contributed by atoms with van der Waals surface area (Å²) in [7, 11) is 2.21. The SMILES string of the molecule is CN1CCC(N2CCC(NC(=O)c3ccc(-n4cccn4)cc3)CC2)CC1. The highest BCUT2D eigenvalue weighted by Crippen LogP contribution is 2.21. The maximum atomic E-state index is 12.6. The topological polar surface area (TPSA) is 53.4 Å². The fourth-order valence-corrected chi connectivity index (χ4v) is 4.22. The van der Waals surface area contributed by atoms with Crippen molar-refractivity contribution < 1.29 is 4.79 Å². The highest BCUT2D eigenvalue weighted by molar-refractivity contribution is 5.94. The third-order valence-electron chi connectivity index (χ3n) is 5.97. The summed E-state index contributed by atoms with van der Waals surface area (Å²) in [6.07, 6.45) is 8.28. The highest BCUT2D eigenvalue weighted by atomic mass is 16.1. The van der Waals surface area contributed by atoms with Gasteiger partial charge in [0.15, 0.2) is 0 Å². The molecule has 144 valence electrons. The van der Waals surface area contributed by atoms with Gasteiger partial charge in [-0.05, 0) is 76.2 Å². The van der Waals surface area contributed by atoms with Crippen molar-refractivity contribution in [3.8, 4) is 5.69 Å². The normalized spacial score (nSPS) is 20.6. The van der Waals surface area contributed by atoms with Crippen molar-refractivity contribution in [2.75, 3.05) is 33.2 Å². The van der Waals surface area contributed by atoms with Crippen molar-refractivity contribution in [1.29, 1.82) is 0 Å². The molecular weight excluding hydrogens is 338 g/mol. The van der Waals surface area contributed by atoms with Crippen LogP contribution in [-0.2, 0) is 0 Å². The Morgan fingerprint density at radius 1 is 1.04 bits per heavy atom. The van der Waals surface area contributed by atoms with E-state index in [0.717, 1.165) is 37.7 Å². The maximum Gasteiger partial charge on any atom is 0.251 e. The third kappa shape index (κ3) is 4.39. The number of aromatic nitrogens is 2. The Labute approximate surface area is 161 Å². The predicted molar refractivity (Wildman–Crippen MR) is 106 cm³/mol. The Bertz CT molecular complexity index is 726. The van der Waals surface area contributed by atoms with Crippen LogP contribution in [0, 0.1) is 0 Å². The van der Waals surface area contributed by atoms with Gasteiger partial charge in [0.05, 0.1) is 5.69 Å². The van der Waals surface area contributed by atoms with Crippen LogP contribution in [0.3, 0.4) is 0 Å². The Kier molecular flexibility index (Phi) is 5.55. The second-order valence-electron chi connectivity index (χ2n) is 7.82. The number of rotatable bonds is 4. The summed E-state index contributed by atoms with van der Waals surface area (Å²) >= 11 is 0. The van der Waals surface area contributed by atoms with Gasteiger partial charge in [-0.25, -0.2) is 4.68 Å². The Morgan fingerprint density at radius 3 is 2.37 bits per heavy atom. The molecule has 0 aliphatic carbocycles. The van der Waals surface area contributed by atoms with Gasteiger partial charge in [0.2, 0.25) is 0 Å². The van der Waals surface area contributed by atoms with E-state index >= 15 is 0 Å². The first-order valence-corrected chi connectivity index (χ1v) is 10.0. The molecule has 6 nitrogen and oxygen atoms in total. The number of piperidine rings is 2. The summed E-state index contributed by atoms with van der Waals surface area (Å²) in [5.41, 5.74) is 1.67. The summed E-state index contributed by atoms with van der Waals surface area (Å²) in [6, 6.07) is 10.5. The summed E-state index contributed by atoms with van der Waals surface area (Å²) < 4.78 is 1.79. The van der Waals surface area contributed by atoms with Crippen molar-refractivity contribution in [3.05, 3.63) is 48.3 Å². The predicted octanol–water partition coefficient (Wildman–Crippen LogP) is 2.16. The molecule has 1 aromatic carbocycles. The monoisotopic (exact) mass is 367 g/mol. The fourth-order valence-electron chi connectivity index (χ4n) is 4.22. The van der Waals surface area contributed by atoms with E-state index in [1.54, 1.807) is 10.9 Å². The average molecular weight is 367 g/mol. The number of carbonyl (C=O) groups is 1. The molecule has 1 N–H and O–H groups in total. The number of amides is 1. The van der Waals surface area contributed by atoms with Crippen LogP contribution < -0.4 is 5.32 Å². The highest BCUT2D eigenvalue weighted by Gasteiger charge is 2.28. The van der Waals surface area contributed by atoms with Crippen molar-refractivity contribution in [3.63, 3.8) is 0 Å². The zero-order valence-electron chi connectivity index (χ0n) is 16.1. The van der Waals surface area contributed by atoms with Gasteiger partial charge in [0.25, 0.3) is 5.91 Å². The summed E-state index contributed by atoms with van der Waals surface area (Å²) in [5.74, 6) is 0.0276. The lowest BCUT2D eigenvalue weighted by atomic mass is 9.98. The number of benzene rings is 1. The van der Waals surface area contributed by atoms with Crippen LogP contribution in [0.2, 0.25) is 0 Å². The quantitative estimate of drug-likeness (QED) is 0.900. The Morgan fingerprint density at radius 2 is 1.74 bits per heavy atom. The number of carbonyl (C=O) groups excluding carboxylic acids is 1.